The molecule has 4 nitrogen and oxygen atoms in total. The van der Waals surface area contributed by atoms with Crippen LogP contribution in [0.25, 0.3) is 0 Å². The molecule has 0 atom stereocenters. The van der Waals surface area contributed by atoms with E-state index in [0.717, 1.165) is 15.6 Å². The molecule has 0 bridgehead atoms. The third-order valence-corrected chi connectivity index (χ3v) is 5.16. The van der Waals surface area contributed by atoms with Gasteiger partial charge in [0.15, 0.2) is 0 Å². The number of hydrogen-bond acceptors (Lipinski definition) is 3. The third-order valence-electron chi connectivity index (χ3n) is 2.78. The molecule has 0 saturated heterocycles. The van der Waals surface area contributed by atoms with E-state index in [2.05, 4.69) is 25.6 Å². The zero-order valence-corrected chi connectivity index (χ0v) is 13.8. The lowest BCUT2D eigenvalue weighted by atomic mass is 10.2. The normalized spacial score (nSPS) is 11.6. The van der Waals surface area contributed by atoms with Gasteiger partial charge in [0.2, 0.25) is 10.0 Å². The number of benzene rings is 1. The van der Waals surface area contributed by atoms with Gasteiger partial charge in [-0.25, -0.2) is 13.1 Å². The minimum absolute atomic E-state index is 0.0592. The van der Waals surface area contributed by atoms with Gasteiger partial charge in [-0.3, -0.25) is 4.98 Å². The first kappa shape index (κ1) is 15.4. The average Bonchev–Trinajstić information content (AvgIpc) is 2.37. The van der Waals surface area contributed by atoms with Crippen LogP contribution in [0.5, 0.6) is 0 Å². The molecular weight excluding hydrogens is 364 g/mol. The van der Waals surface area contributed by atoms with Gasteiger partial charge in [-0.1, -0.05) is 27.5 Å². The van der Waals surface area contributed by atoms with Crippen molar-refractivity contribution in [3.63, 3.8) is 0 Å². The lowest BCUT2D eigenvalue weighted by Gasteiger charge is -2.10. The third kappa shape index (κ3) is 3.58. The quantitative estimate of drug-likeness (QED) is 0.892. The first-order chi connectivity index (χ1) is 9.40. The number of aryl methyl sites for hydroxylation is 1. The maximum Gasteiger partial charge on any atom is 0.242 e. The van der Waals surface area contributed by atoms with Gasteiger partial charge < -0.3 is 0 Å². The number of nitrogens with one attached hydrogen (secondary N) is 1. The summed E-state index contributed by atoms with van der Waals surface area (Å²) in [4.78, 5) is 4.04. The van der Waals surface area contributed by atoms with Gasteiger partial charge in [0, 0.05) is 23.4 Å². The molecule has 0 unspecified atom stereocenters. The van der Waals surface area contributed by atoms with Crippen molar-refractivity contribution in [2.45, 2.75) is 18.4 Å². The van der Waals surface area contributed by atoms with Gasteiger partial charge in [-0.05, 0) is 42.3 Å². The molecule has 7 heteroatoms. The van der Waals surface area contributed by atoms with Gasteiger partial charge in [0.1, 0.15) is 4.90 Å². The fraction of sp³-hybridized carbons (Fsp3) is 0.154. The standard InChI is InChI=1S/C13H12BrClN2O2S/c1-9-4-5-16-7-10(9)8-17-20(18,19)13-3-2-11(14)6-12(13)15/h2-7,17H,8H2,1H3. The van der Waals surface area contributed by atoms with Crippen LogP contribution in [0.4, 0.5) is 0 Å². The second-order valence-electron chi connectivity index (χ2n) is 4.20. The van der Waals surface area contributed by atoms with Crippen molar-refractivity contribution >= 4 is 37.6 Å². The summed E-state index contributed by atoms with van der Waals surface area (Å²) in [6.07, 6.45) is 3.31. The van der Waals surface area contributed by atoms with Crippen LogP contribution in [-0.2, 0) is 16.6 Å². The number of nitrogens with zero attached hydrogens (tertiary/aromatic N) is 1. The lowest BCUT2D eigenvalue weighted by Crippen LogP contribution is -2.24. The molecule has 0 saturated carbocycles. The molecule has 0 spiro atoms. The van der Waals surface area contributed by atoms with Gasteiger partial charge in [0.25, 0.3) is 0 Å². The molecule has 0 aliphatic heterocycles. The Bertz CT molecular complexity index is 735. The number of hydrogen-bond donors (Lipinski definition) is 1. The number of sulfonamides is 1. The van der Waals surface area contributed by atoms with E-state index in [9.17, 15) is 8.42 Å². The van der Waals surface area contributed by atoms with E-state index in [0.29, 0.717) is 0 Å². The van der Waals surface area contributed by atoms with Crippen LogP contribution in [0, 0.1) is 6.92 Å². The van der Waals surface area contributed by atoms with E-state index in [1.165, 1.54) is 6.07 Å². The van der Waals surface area contributed by atoms with Crippen molar-refractivity contribution in [3.8, 4) is 0 Å². The molecule has 106 valence electrons. The largest absolute Gasteiger partial charge is 0.264 e. The van der Waals surface area contributed by atoms with Gasteiger partial charge >= 0.3 is 0 Å². The highest BCUT2D eigenvalue weighted by atomic mass is 79.9. The predicted molar refractivity (Wildman–Crippen MR) is 82.2 cm³/mol. The van der Waals surface area contributed by atoms with E-state index in [-0.39, 0.29) is 16.5 Å². The molecule has 0 aliphatic rings. The van der Waals surface area contributed by atoms with Crippen molar-refractivity contribution in [2.75, 3.05) is 0 Å². The molecule has 0 amide bonds. The molecule has 1 heterocycles. The maximum atomic E-state index is 12.2. The van der Waals surface area contributed by atoms with Gasteiger partial charge in [0.05, 0.1) is 5.02 Å². The molecule has 2 rings (SSSR count). The highest BCUT2D eigenvalue weighted by Gasteiger charge is 2.18. The Labute approximate surface area is 131 Å². The van der Waals surface area contributed by atoms with Crippen LogP contribution < -0.4 is 4.72 Å². The number of pyridine rings is 1. The van der Waals surface area contributed by atoms with Crippen molar-refractivity contribution < 1.29 is 8.42 Å². The smallest absolute Gasteiger partial charge is 0.242 e. The average molecular weight is 376 g/mol. The second kappa shape index (κ2) is 6.22. The van der Waals surface area contributed by atoms with Crippen LogP contribution in [0.1, 0.15) is 11.1 Å². The topological polar surface area (TPSA) is 59.1 Å². The summed E-state index contributed by atoms with van der Waals surface area (Å²) in [7, 11) is -3.65. The minimum Gasteiger partial charge on any atom is -0.264 e. The highest BCUT2D eigenvalue weighted by molar-refractivity contribution is 9.10. The highest BCUT2D eigenvalue weighted by Crippen LogP contribution is 2.25. The first-order valence-electron chi connectivity index (χ1n) is 5.74. The molecule has 2 aromatic rings. The van der Waals surface area contributed by atoms with Crippen molar-refractivity contribution in [1.29, 1.82) is 0 Å². The fourth-order valence-electron chi connectivity index (χ4n) is 1.63. The van der Waals surface area contributed by atoms with Crippen molar-refractivity contribution in [2.24, 2.45) is 0 Å². The second-order valence-corrected chi connectivity index (χ2v) is 7.26. The Morgan fingerprint density at radius 3 is 2.75 bits per heavy atom. The van der Waals surface area contributed by atoms with Crippen molar-refractivity contribution in [3.05, 3.63) is 57.3 Å². The summed E-state index contributed by atoms with van der Waals surface area (Å²) in [6.45, 7) is 2.08. The predicted octanol–water partition coefficient (Wildman–Crippen LogP) is 3.28. The van der Waals surface area contributed by atoms with Crippen LogP contribution in [0.2, 0.25) is 5.02 Å². The van der Waals surface area contributed by atoms with Crippen LogP contribution >= 0.6 is 27.5 Å². The van der Waals surface area contributed by atoms with E-state index in [1.54, 1.807) is 24.5 Å². The Balaban J connectivity index is 2.22. The van der Waals surface area contributed by atoms with E-state index in [1.807, 2.05) is 13.0 Å². The summed E-state index contributed by atoms with van der Waals surface area (Å²) < 4.78 is 27.7. The van der Waals surface area contributed by atoms with E-state index >= 15 is 0 Å². The zero-order chi connectivity index (χ0) is 14.8. The number of halogens is 2. The number of aromatic nitrogens is 1. The summed E-state index contributed by atoms with van der Waals surface area (Å²) in [6, 6.07) is 6.47. The number of rotatable bonds is 4. The maximum absolute atomic E-state index is 12.2. The minimum atomic E-state index is -3.65. The molecule has 0 fully saturated rings. The summed E-state index contributed by atoms with van der Waals surface area (Å²) in [5, 5.41) is 0.176. The van der Waals surface area contributed by atoms with E-state index in [4.69, 9.17) is 11.6 Å². The van der Waals surface area contributed by atoms with Crippen LogP contribution in [0.15, 0.2) is 46.0 Å². The van der Waals surface area contributed by atoms with Crippen molar-refractivity contribution in [1.82, 2.24) is 9.71 Å². The zero-order valence-electron chi connectivity index (χ0n) is 10.6. The summed E-state index contributed by atoms with van der Waals surface area (Å²) in [5.74, 6) is 0. The molecule has 1 aromatic carbocycles. The molecule has 0 radical (unpaired) electrons. The Morgan fingerprint density at radius 2 is 2.10 bits per heavy atom. The molecule has 20 heavy (non-hydrogen) atoms. The lowest BCUT2D eigenvalue weighted by molar-refractivity contribution is 0.581. The van der Waals surface area contributed by atoms with E-state index < -0.39 is 10.0 Å². The molecular formula is C13H12BrClN2O2S. The molecule has 0 aliphatic carbocycles. The summed E-state index contributed by atoms with van der Waals surface area (Å²) >= 11 is 9.21. The van der Waals surface area contributed by atoms with Gasteiger partial charge in [-0.15, -0.1) is 0 Å². The Kier molecular flexibility index (Phi) is 4.80. The molecule has 1 aromatic heterocycles. The van der Waals surface area contributed by atoms with Crippen LogP contribution in [0.3, 0.4) is 0 Å². The monoisotopic (exact) mass is 374 g/mol. The Hall–Kier alpha value is -0.950. The first-order valence-corrected chi connectivity index (χ1v) is 8.40. The Morgan fingerprint density at radius 1 is 1.35 bits per heavy atom. The molecule has 1 N–H and O–H groups in total. The van der Waals surface area contributed by atoms with Gasteiger partial charge in [-0.2, -0.15) is 0 Å². The van der Waals surface area contributed by atoms with Crippen LogP contribution in [-0.4, -0.2) is 13.4 Å². The SMILES string of the molecule is Cc1ccncc1CNS(=O)(=O)c1ccc(Br)cc1Cl. The fourth-order valence-corrected chi connectivity index (χ4v) is 3.67. The summed E-state index contributed by atoms with van der Waals surface area (Å²) in [5.41, 5.74) is 1.80.